The van der Waals surface area contributed by atoms with Crippen LogP contribution in [0, 0.1) is 20.8 Å². The van der Waals surface area contributed by atoms with Gasteiger partial charge in [-0.3, -0.25) is 9.52 Å². The molecule has 1 amide bonds. The first-order valence-electron chi connectivity index (χ1n) is 9.04. The number of halogens is 2. The highest BCUT2D eigenvalue weighted by Crippen LogP contribution is 2.27. The number of benzene rings is 3. The van der Waals surface area contributed by atoms with Crippen LogP contribution < -0.4 is 10.0 Å². The Hall–Kier alpha value is -2.54. The zero-order valence-corrected chi connectivity index (χ0v) is 18.9. The van der Waals surface area contributed by atoms with Gasteiger partial charge >= 0.3 is 0 Å². The Labute approximate surface area is 186 Å². The summed E-state index contributed by atoms with van der Waals surface area (Å²) in [6.07, 6.45) is 0. The maximum atomic E-state index is 12.9. The molecule has 0 bridgehead atoms. The van der Waals surface area contributed by atoms with Gasteiger partial charge in [0.05, 0.1) is 10.7 Å². The molecule has 0 radical (unpaired) electrons. The highest BCUT2D eigenvalue weighted by atomic mass is 35.5. The van der Waals surface area contributed by atoms with Crippen LogP contribution >= 0.6 is 23.2 Å². The number of sulfonamides is 1. The number of carbonyl (C=O) groups is 1. The molecule has 0 saturated carbocycles. The molecule has 0 unspecified atom stereocenters. The quantitative estimate of drug-likeness (QED) is 0.490. The Bertz CT molecular complexity index is 1240. The molecular weight excluding hydrogens is 443 g/mol. The molecule has 2 N–H and O–H groups in total. The number of rotatable bonds is 5. The number of anilines is 2. The molecule has 0 fully saturated rings. The summed E-state index contributed by atoms with van der Waals surface area (Å²) in [6.45, 7) is 5.56. The molecule has 0 aromatic heterocycles. The molecule has 0 aliphatic rings. The molecule has 5 nitrogen and oxygen atoms in total. The maximum absolute atomic E-state index is 12.9. The van der Waals surface area contributed by atoms with E-state index in [1.54, 1.807) is 24.3 Å². The van der Waals surface area contributed by atoms with Crippen LogP contribution in [-0.4, -0.2) is 14.3 Å². The van der Waals surface area contributed by atoms with Gasteiger partial charge in [0.2, 0.25) is 0 Å². The Morgan fingerprint density at radius 2 is 1.57 bits per heavy atom. The predicted molar refractivity (Wildman–Crippen MR) is 122 cm³/mol. The van der Waals surface area contributed by atoms with E-state index >= 15 is 0 Å². The zero-order valence-electron chi connectivity index (χ0n) is 16.6. The maximum Gasteiger partial charge on any atom is 0.263 e. The van der Waals surface area contributed by atoms with Crippen molar-refractivity contribution in [2.75, 3.05) is 10.0 Å². The molecular formula is C22H20Cl2N2O3S. The minimum absolute atomic E-state index is 0.0164. The summed E-state index contributed by atoms with van der Waals surface area (Å²) >= 11 is 12.1. The molecule has 0 spiro atoms. The van der Waals surface area contributed by atoms with Crippen molar-refractivity contribution in [1.82, 2.24) is 0 Å². The van der Waals surface area contributed by atoms with E-state index in [4.69, 9.17) is 23.2 Å². The molecule has 0 saturated heterocycles. The summed E-state index contributed by atoms with van der Waals surface area (Å²) in [7, 11) is -4.01. The fraction of sp³-hybridized carbons (Fsp3) is 0.136. The van der Waals surface area contributed by atoms with Gasteiger partial charge in [-0.15, -0.1) is 0 Å². The lowest BCUT2D eigenvalue weighted by atomic mass is 10.1. The molecule has 8 heteroatoms. The van der Waals surface area contributed by atoms with E-state index in [1.165, 1.54) is 18.2 Å². The fourth-order valence-corrected chi connectivity index (χ4v) is 4.73. The minimum atomic E-state index is -4.01. The van der Waals surface area contributed by atoms with Crippen molar-refractivity contribution in [3.8, 4) is 0 Å². The van der Waals surface area contributed by atoms with E-state index in [0.717, 1.165) is 16.7 Å². The van der Waals surface area contributed by atoms with Crippen molar-refractivity contribution in [2.45, 2.75) is 25.7 Å². The second kappa shape index (κ2) is 8.68. The summed E-state index contributed by atoms with van der Waals surface area (Å²) in [5, 5.41) is 3.24. The summed E-state index contributed by atoms with van der Waals surface area (Å²) < 4.78 is 28.4. The second-order valence-corrected chi connectivity index (χ2v) is 9.48. The lowest BCUT2D eigenvalue weighted by molar-refractivity contribution is 0.102. The predicted octanol–water partition coefficient (Wildman–Crippen LogP) is 5.97. The van der Waals surface area contributed by atoms with Crippen molar-refractivity contribution >= 4 is 50.5 Å². The number of carbonyl (C=O) groups excluding carboxylic acids is 1. The Morgan fingerprint density at radius 1 is 0.833 bits per heavy atom. The number of nitrogens with one attached hydrogen (secondary N) is 2. The van der Waals surface area contributed by atoms with Gasteiger partial charge in [-0.25, -0.2) is 8.42 Å². The standard InChI is InChI=1S/C22H20Cl2N2O3S/c1-13-4-9-19(15(3)10-13)26-30(28,29)21-11-16(6-8-18(21)24)22(27)25-20-12-17(23)7-5-14(20)2/h4-12,26H,1-3H3,(H,25,27). The first kappa shape index (κ1) is 22.2. The van der Waals surface area contributed by atoms with Gasteiger partial charge in [-0.05, 0) is 68.3 Å². The summed E-state index contributed by atoms with van der Waals surface area (Å²) in [6, 6.07) is 14.6. The van der Waals surface area contributed by atoms with Crippen LogP contribution in [0.2, 0.25) is 10.0 Å². The van der Waals surface area contributed by atoms with E-state index < -0.39 is 15.9 Å². The van der Waals surface area contributed by atoms with Gasteiger partial charge in [-0.1, -0.05) is 47.0 Å². The molecule has 0 aliphatic carbocycles. The third-order valence-electron chi connectivity index (χ3n) is 4.56. The van der Waals surface area contributed by atoms with Gasteiger partial charge in [0, 0.05) is 16.3 Å². The van der Waals surface area contributed by atoms with Crippen molar-refractivity contribution in [3.05, 3.63) is 86.9 Å². The van der Waals surface area contributed by atoms with Gasteiger partial charge < -0.3 is 5.32 Å². The number of hydrogen-bond donors (Lipinski definition) is 2. The van der Waals surface area contributed by atoms with E-state index in [1.807, 2.05) is 32.9 Å². The highest BCUT2D eigenvalue weighted by molar-refractivity contribution is 7.92. The largest absolute Gasteiger partial charge is 0.322 e. The van der Waals surface area contributed by atoms with Crippen LogP contribution in [-0.2, 0) is 10.0 Å². The lowest BCUT2D eigenvalue weighted by Crippen LogP contribution is -2.17. The van der Waals surface area contributed by atoms with E-state index in [-0.39, 0.29) is 15.5 Å². The van der Waals surface area contributed by atoms with Gasteiger partial charge in [0.1, 0.15) is 4.90 Å². The molecule has 0 aliphatic heterocycles. The average molecular weight is 463 g/mol. The summed E-state index contributed by atoms with van der Waals surface area (Å²) in [5.74, 6) is -0.472. The van der Waals surface area contributed by atoms with Crippen molar-refractivity contribution in [3.63, 3.8) is 0 Å². The summed E-state index contributed by atoms with van der Waals surface area (Å²) in [5.41, 5.74) is 3.76. The van der Waals surface area contributed by atoms with Crippen LogP contribution in [0.5, 0.6) is 0 Å². The van der Waals surface area contributed by atoms with Crippen LogP contribution in [0.1, 0.15) is 27.0 Å². The van der Waals surface area contributed by atoms with Crippen LogP contribution in [0.15, 0.2) is 59.5 Å². The van der Waals surface area contributed by atoms with Crippen LogP contribution in [0.4, 0.5) is 11.4 Å². The summed E-state index contributed by atoms with van der Waals surface area (Å²) in [4.78, 5) is 12.5. The second-order valence-electron chi connectivity index (χ2n) is 6.98. The van der Waals surface area contributed by atoms with Crippen LogP contribution in [0.25, 0.3) is 0 Å². The molecule has 3 aromatic carbocycles. The topological polar surface area (TPSA) is 75.3 Å². The Balaban J connectivity index is 1.92. The third kappa shape index (κ3) is 4.95. The Morgan fingerprint density at radius 3 is 2.27 bits per heavy atom. The van der Waals surface area contributed by atoms with E-state index in [0.29, 0.717) is 16.4 Å². The fourth-order valence-electron chi connectivity index (χ4n) is 2.90. The number of aryl methyl sites for hydroxylation is 3. The molecule has 3 aromatic rings. The van der Waals surface area contributed by atoms with Crippen LogP contribution in [0.3, 0.4) is 0 Å². The monoisotopic (exact) mass is 462 g/mol. The third-order valence-corrected chi connectivity index (χ3v) is 6.64. The Kier molecular flexibility index (Phi) is 6.41. The SMILES string of the molecule is Cc1ccc(NS(=O)(=O)c2cc(C(=O)Nc3cc(Cl)ccc3C)ccc2Cl)c(C)c1. The average Bonchev–Trinajstić information content (AvgIpc) is 2.67. The number of amides is 1. The zero-order chi connectivity index (χ0) is 22.1. The van der Waals surface area contributed by atoms with Crippen molar-refractivity contribution in [2.24, 2.45) is 0 Å². The lowest BCUT2D eigenvalue weighted by Gasteiger charge is -2.14. The van der Waals surface area contributed by atoms with Gasteiger partial charge in [0.15, 0.2) is 0 Å². The van der Waals surface area contributed by atoms with Crippen molar-refractivity contribution < 1.29 is 13.2 Å². The van der Waals surface area contributed by atoms with E-state index in [2.05, 4.69) is 10.0 Å². The minimum Gasteiger partial charge on any atom is -0.322 e. The highest BCUT2D eigenvalue weighted by Gasteiger charge is 2.21. The molecule has 0 atom stereocenters. The van der Waals surface area contributed by atoms with Gasteiger partial charge in [0.25, 0.3) is 15.9 Å². The number of hydrogen-bond acceptors (Lipinski definition) is 3. The normalized spacial score (nSPS) is 11.2. The smallest absolute Gasteiger partial charge is 0.263 e. The van der Waals surface area contributed by atoms with E-state index in [9.17, 15) is 13.2 Å². The van der Waals surface area contributed by atoms with Gasteiger partial charge in [-0.2, -0.15) is 0 Å². The first-order valence-corrected chi connectivity index (χ1v) is 11.3. The van der Waals surface area contributed by atoms with Crippen molar-refractivity contribution in [1.29, 1.82) is 0 Å². The molecule has 0 heterocycles. The molecule has 156 valence electrons. The molecule has 30 heavy (non-hydrogen) atoms. The first-order chi connectivity index (χ1) is 14.1. The molecule has 3 rings (SSSR count).